The summed E-state index contributed by atoms with van der Waals surface area (Å²) in [6.45, 7) is 20.6. The molecular formula is C42H62N8O7S. The maximum absolute atomic E-state index is 14.7. The highest BCUT2D eigenvalue weighted by molar-refractivity contribution is 7.09. The van der Waals surface area contributed by atoms with Crippen molar-refractivity contribution in [3.8, 4) is 0 Å². The number of carbonyl (C=O) groups excluding carboxylic acids is 5. The molecule has 0 saturated carbocycles. The molecule has 0 unspecified atom stereocenters. The largest absolute Gasteiger partial charge is 0.481 e. The lowest BCUT2D eigenvalue weighted by atomic mass is 9.82. The molecule has 3 heterocycles. The Bertz CT molecular complexity index is 1830. The smallest absolute Gasteiger partial charge is 0.305 e. The first kappa shape index (κ1) is 45.8. The van der Waals surface area contributed by atoms with Gasteiger partial charge in [0, 0.05) is 24.0 Å². The molecule has 7 atom stereocenters. The highest BCUT2D eigenvalue weighted by Gasteiger charge is 2.49. The second-order valence-corrected chi connectivity index (χ2v) is 19.6. The van der Waals surface area contributed by atoms with Crippen molar-refractivity contribution in [2.24, 2.45) is 27.2 Å². The molecule has 1 aromatic carbocycles. The minimum absolute atomic E-state index is 0.191. The molecule has 15 nitrogen and oxygen atoms in total. The molecule has 0 spiro atoms. The van der Waals surface area contributed by atoms with Crippen LogP contribution >= 0.6 is 11.3 Å². The number of amides is 5. The normalized spacial score (nSPS) is 22.5. The quantitative estimate of drug-likeness (QED) is 0.195. The van der Waals surface area contributed by atoms with Crippen LogP contribution in [0.3, 0.4) is 0 Å². The van der Waals surface area contributed by atoms with Crippen LogP contribution in [0.2, 0.25) is 0 Å². The van der Waals surface area contributed by atoms with Gasteiger partial charge in [0.05, 0.1) is 18.5 Å². The number of nitrogens with one attached hydrogen (secondary N) is 5. The van der Waals surface area contributed by atoms with Crippen molar-refractivity contribution in [3.63, 3.8) is 0 Å². The molecule has 0 radical (unpaired) electrons. The summed E-state index contributed by atoms with van der Waals surface area (Å²) in [7, 11) is 0. The first-order valence-corrected chi connectivity index (χ1v) is 20.8. The first-order valence-electron chi connectivity index (χ1n) is 19.9. The first-order chi connectivity index (χ1) is 26.9. The molecule has 0 bridgehead atoms. The van der Waals surface area contributed by atoms with Crippen LogP contribution in [0.4, 0.5) is 0 Å². The molecule has 5 amide bonds. The number of benzene rings is 1. The van der Waals surface area contributed by atoms with Crippen LogP contribution in [0, 0.1) is 22.2 Å². The number of rotatable bonds is 11. The third-order valence-corrected chi connectivity index (χ3v) is 11.8. The van der Waals surface area contributed by atoms with Gasteiger partial charge in [-0.2, -0.15) is 0 Å². The van der Waals surface area contributed by atoms with Crippen molar-refractivity contribution < 1.29 is 33.9 Å². The number of thiazole rings is 1. The Morgan fingerprint density at radius 2 is 1.62 bits per heavy atom. The van der Waals surface area contributed by atoms with E-state index in [0.717, 1.165) is 5.56 Å². The fourth-order valence-corrected chi connectivity index (χ4v) is 8.18. The van der Waals surface area contributed by atoms with E-state index in [9.17, 15) is 33.9 Å². The van der Waals surface area contributed by atoms with Gasteiger partial charge in [-0.15, -0.1) is 11.3 Å². The maximum atomic E-state index is 14.7. The van der Waals surface area contributed by atoms with E-state index in [1.54, 1.807) is 12.3 Å². The highest BCUT2D eigenvalue weighted by atomic mass is 32.1. The molecule has 1 saturated heterocycles. The Labute approximate surface area is 346 Å². The van der Waals surface area contributed by atoms with Crippen molar-refractivity contribution in [1.29, 1.82) is 0 Å². The summed E-state index contributed by atoms with van der Waals surface area (Å²) in [5.41, 5.74) is -1.32. The summed E-state index contributed by atoms with van der Waals surface area (Å²) < 4.78 is 0. The zero-order valence-corrected chi connectivity index (χ0v) is 36.5. The van der Waals surface area contributed by atoms with Crippen molar-refractivity contribution >= 4 is 52.7 Å². The average molecular weight is 823 g/mol. The average Bonchev–Trinajstić information content (AvgIpc) is 3.77. The van der Waals surface area contributed by atoms with Gasteiger partial charge in [0.1, 0.15) is 41.6 Å². The van der Waals surface area contributed by atoms with E-state index in [2.05, 4.69) is 31.6 Å². The zero-order chi connectivity index (χ0) is 43.3. The van der Waals surface area contributed by atoms with Gasteiger partial charge in [-0.1, -0.05) is 106 Å². The fraction of sp³-hybridized carbons (Fsp3) is 0.619. The number of nitrogens with zero attached hydrogens (tertiary/aromatic N) is 3. The second-order valence-electron chi connectivity index (χ2n) is 18.6. The SMILES string of the molecule is CC(C)[C@@H]1NC(=O)[C@H]2N(CCC2(C)C)C(=O)CN=C(N[C@H](C(=O)N[C@H](C(=O)N[C@H](CC(=O)O)c2nccs2)[C@@H](C)c2ccccc2)C(C)(C)C)[C@H](C(C)(C)C)NC1=O. The molecule has 1 aromatic heterocycles. The summed E-state index contributed by atoms with van der Waals surface area (Å²) in [5, 5.41) is 27.0. The van der Waals surface area contributed by atoms with E-state index in [0.29, 0.717) is 18.0 Å². The Hall–Kier alpha value is -4.86. The summed E-state index contributed by atoms with van der Waals surface area (Å²) >= 11 is 1.21. The van der Waals surface area contributed by atoms with E-state index in [-0.39, 0.29) is 24.2 Å². The van der Waals surface area contributed by atoms with E-state index in [1.807, 2.05) is 99.6 Å². The Morgan fingerprint density at radius 3 is 2.17 bits per heavy atom. The maximum Gasteiger partial charge on any atom is 0.305 e. The number of carboxylic acid groups (broad SMARTS) is 1. The summed E-state index contributed by atoms with van der Waals surface area (Å²) in [6.07, 6.45) is 1.70. The molecule has 58 heavy (non-hydrogen) atoms. The molecule has 318 valence electrons. The molecule has 1 fully saturated rings. The van der Waals surface area contributed by atoms with Crippen molar-refractivity contribution in [2.45, 2.75) is 131 Å². The molecule has 0 aliphatic carbocycles. The lowest BCUT2D eigenvalue weighted by Gasteiger charge is -2.40. The molecule has 16 heteroatoms. The number of aliphatic carboxylic acids is 1. The van der Waals surface area contributed by atoms with Gasteiger partial charge in [-0.3, -0.25) is 33.8 Å². The van der Waals surface area contributed by atoms with Gasteiger partial charge in [0.25, 0.3) is 0 Å². The second kappa shape index (κ2) is 18.4. The van der Waals surface area contributed by atoms with Crippen LogP contribution in [0.25, 0.3) is 0 Å². The summed E-state index contributed by atoms with van der Waals surface area (Å²) in [6, 6.07) is 3.42. The number of amidine groups is 1. The number of hydrogen-bond acceptors (Lipinski definition) is 10. The molecular weight excluding hydrogens is 761 g/mol. The Morgan fingerprint density at radius 1 is 0.966 bits per heavy atom. The third-order valence-electron chi connectivity index (χ3n) is 10.9. The lowest BCUT2D eigenvalue weighted by Crippen LogP contribution is -2.65. The zero-order valence-electron chi connectivity index (χ0n) is 35.6. The molecule has 2 aliphatic heterocycles. The molecule has 2 aromatic rings. The predicted octanol–water partition coefficient (Wildman–Crippen LogP) is 3.78. The minimum Gasteiger partial charge on any atom is -0.481 e. The van der Waals surface area contributed by atoms with Crippen LogP contribution in [-0.4, -0.2) is 99.6 Å². The Kier molecular flexibility index (Phi) is 14.5. The summed E-state index contributed by atoms with van der Waals surface area (Å²) in [4.78, 5) is 93.4. The number of carbonyl (C=O) groups is 6. The van der Waals surface area contributed by atoms with Crippen LogP contribution in [0.15, 0.2) is 46.9 Å². The van der Waals surface area contributed by atoms with Crippen LogP contribution in [0.5, 0.6) is 0 Å². The van der Waals surface area contributed by atoms with Crippen molar-refractivity contribution in [3.05, 3.63) is 52.5 Å². The number of carboxylic acids is 1. The number of aromatic nitrogens is 1. The van der Waals surface area contributed by atoms with E-state index in [4.69, 9.17) is 4.99 Å². The third kappa shape index (κ3) is 11.2. The van der Waals surface area contributed by atoms with Crippen molar-refractivity contribution in [1.82, 2.24) is 36.5 Å². The number of hydrogen-bond donors (Lipinski definition) is 6. The lowest BCUT2D eigenvalue weighted by molar-refractivity contribution is -0.141. The van der Waals surface area contributed by atoms with E-state index in [1.165, 1.54) is 22.4 Å². The minimum atomic E-state index is -1.17. The van der Waals surface area contributed by atoms with Gasteiger partial charge >= 0.3 is 5.97 Å². The van der Waals surface area contributed by atoms with Crippen molar-refractivity contribution in [2.75, 3.05) is 13.1 Å². The van der Waals surface area contributed by atoms with Gasteiger partial charge in [-0.05, 0) is 34.1 Å². The topological polar surface area (TPSA) is 211 Å². The van der Waals surface area contributed by atoms with Gasteiger partial charge < -0.3 is 36.6 Å². The standard InChI is InChI=1S/C42H62N8O7S/c1-23(2)29-35(54)49-31(40(4,5)6)34(44-22-27(51)50-19-17-42(10,11)33(50)38(57)46-29)48-32(41(7,8)9)37(56)47-30(24(3)25-15-13-12-14-16-25)36(55)45-26(21-28(52)53)39-43-18-20-58-39/h12-16,18,20,23-24,26,29-33H,17,19,21-22H2,1-11H3,(H,44,48)(H,45,55)(H,46,57)(H,47,56)(H,49,54)(H,52,53)/t24-,26+,29-,30-,31+,32+,33+/m0/s1. The fourth-order valence-electron chi connectivity index (χ4n) is 7.49. The van der Waals surface area contributed by atoms with Gasteiger partial charge in [-0.25, -0.2) is 4.98 Å². The van der Waals surface area contributed by atoms with Gasteiger partial charge in [0.15, 0.2) is 0 Å². The summed E-state index contributed by atoms with van der Waals surface area (Å²) in [5.74, 6) is -4.17. The Balaban J connectivity index is 1.77. The monoisotopic (exact) mass is 822 g/mol. The molecule has 6 N–H and O–H groups in total. The highest BCUT2D eigenvalue weighted by Crippen LogP contribution is 2.37. The van der Waals surface area contributed by atoms with E-state index >= 15 is 0 Å². The van der Waals surface area contributed by atoms with Crippen LogP contribution in [-0.2, 0) is 28.8 Å². The van der Waals surface area contributed by atoms with Crippen LogP contribution in [0.1, 0.15) is 112 Å². The van der Waals surface area contributed by atoms with E-state index < -0.39 is 94.4 Å². The predicted molar refractivity (Wildman–Crippen MR) is 223 cm³/mol. The number of fused-ring (bicyclic) bond motifs is 1. The van der Waals surface area contributed by atoms with Gasteiger partial charge in [0.2, 0.25) is 29.5 Å². The van der Waals surface area contributed by atoms with Crippen LogP contribution < -0.4 is 26.6 Å². The molecule has 2 aliphatic rings. The molecule has 4 rings (SSSR count). The number of aliphatic imine (C=N–C) groups is 1.